The Balaban J connectivity index is 0.00000336. The van der Waals surface area contributed by atoms with E-state index in [1.54, 1.807) is 17.0 Å². The van der Waals surface area contributed by atoms with Crippen LogP contribution in [-0.4, -0.2) is 50.9 Å². The lowest BCUT2D eigenvalue weighted by atomic mass is 9.89. The van der Waals surface area contributed by atoms with E-state index in [0.29, 0.717) is 47.2 Å². The monoisotopic (exact) mass is 789 g/mol. The van der Waals surface area contributed by atoms with E-state index in [0.717, 1.165) is 60.8 Å². The molecule has 292 valence electrons. The van der Waals surface area contributed by atoms with Gasteiger partial charge in [0.15, 0.2) is 0 Å². The van der Waals surface area contributed by atoms with Crippen LogP contribution >= 0.6 is 24.8 Å². The van der Waals surface area contributed by atoms with Gasteiger partial charge in [0.25, 0.3) is 0 Å². The van der Waals surface area contributed by atoms with Crippen LogP contribution in [0.25, 0.3) is 22.0 Å². The van der Waals surface area contributed by atoms with Gasteiger partial charge in [-0.25, -0.2) is 4.79 Å². The highest BCUT2D eigenvalue weighted by Crippen LogP contribution is 2.36. The molecule has 1 aliphatic rings. The van der Waals surface area contributed by atoms with Crippen LogP contribution in [0.5, 0.6) is 5.75 Å². The predicted molar refractivity (Wildman–Crippen MR) is 223 cm³/mol. The maximum Gasteiger partial charge on any atom is 0.412 e. The molecule has 0 saturated heterocycles. The highest BCUT2D eigenvalue weighted by Gasteiger charge is 2.30. The number of H-pyrrole nitrogens is 1. The molecule has 1 fully saturated rings. The molecule has 0 aliphatic heterocycles. The smallest absolute Gasteiger partial charge is 0.412 e. The minimum atomic E-state index is -0.959. The average Bonchev–Trinajstić information content (AvgIpc) is 3.15. The Labute approximate surface area is 332 Å². The molecule has 1 aromatic heterocycles. The van der Waals surface area contributed by atoms with Crippen molar-refractivity contribution in [3.05, 3.63) is 124 Å². The number of aliphatic hydroxyl groups is 1. The minimum absolute atomic E-state index is 0. The second-order valence-corrected chi connectivity index (χ2v) is 13.8. The summed E-state index contributed by atoms with van der Waals surface area (Å²) < 4.78 is 0. The number of aliphatic hydroxyl groups excluding tert-OH is 1. The SMILES string of the molecule is Cl.Cl.N[C@H]1CC[C@H](N(C(=O)O)c2cc(CCCCC(=O)Nc3ccc(CNC[C@H](O)c4ccc(O)c5[nH]c(=O)ccc45)cc3)ccc2-c2ccccc2)CC1. The van der Waals surface area contributed by atoms with Crippen molar-refractivity contribution in [3.63, 3.8) is 0 Å². The van der Waals surface area contributed by atoms with E-state index in [9.17, 15) is 29.7 Å². The maximum absolute atomic E-state index is 12.8. The summed E-state index contributed by atoms with van der Waals surface area (Å²) in [6, 6.07) is 29.5. The van der Waals surface area contributed by atoms with Crippen molar-refractivity contribution < 1.29 is 24.9 Å². The first-order valence-electron chi connectivity index (χ1n) is 18.2. The quantitative estimate of drug-likeness (QED) is 0.0560. The first kappa shape index (κ1) is 42.8. The van der Waals surface area contributed by atoms with Crippen LogP contribution in [0.1, 0.15) is 67.7 Å². The number of pyridine rings is 1. The number of aromatic hydroxyl groups is 1. The van der Waals surface area contributed by atoms with Gasteiger partial charge in [0.2, 0.25) is 11.5 Å². The zero-order valence-corrected chi connectivity index (χ0v) is 32.1. The Hall–Kier alpha value is -4.91. The van der Waals surface area contributed by atoms with Crippen molar-refractivity contribution in [1.29, 1.82) is 0 Å². The number of phenols is 1. The third-order valence-corrected chi connectivity index (χ3v) is 10.0. The molecule has 55 heavy (non-hydrogen) atoms. The van der Waals surface area contributed by atoms with Crippen LogP contribution in [0.4, 0.5) is 16.2 Å². The van der Waals surface area contributed by atoms with Gasteiger partial charge in [-0.2, -0.15) is 0 Å². The van der Waals surface area contributed by atoms with Crippen molar-refractivity contribution in [1.82, 2.24) is 10.3 Å². The summed E-state index contributed by atoms with van der Waals surface area (Å²) in [5.41, 5.74) is 11.9. The molecule has 0 radical (unpaired) electrons. The first-order chi connectivity index (χ1) is 25.7. The number of anilines is 2. The van der Waals surface area contributed by atoms with Gasteiger partial charge >= 0.3 is 6.09 Å². The highest BCUT2D eigenvalue weighted by atomic mass is 35.5. The van der Waals surface area contributed by atoms with E-state index >= 15 is 0 Å². The maximum atomic E-state index is 12.8. The molecular formula is C42H49Cl2N5O6. The second-order valence-electron chi connectivity index (χ2n) is 13.8. The van der Waals surface area contributed by atoms with Gasteiger partial charge in [0.05, 0.1) is 17.3 Å². The number of amides is 2. The lowest BCUT2D eigenvalue weighted by Gasteiger charge is -2.35. The molecule has 0 unspecified atom stereocenters. The summed E-state index contributed by atoms with van der Waals surface area (Å²) in [5, 5.41) is 38.1. The molecule has 11 nitrogen and oxygen atoms in total. The number of unbranched alkanes of at least 4 members (excludes halogenated alkanes) is 1. The Kier molecular flexibility index (Phi) is 15.7. The summed E-state index contributed by atoms with van der Waals surface area (Å²) in [6.07, 6.45) is 3.78. The van der Waals surface area contributed by atoms with Gasteiger partial charge in [-0.05, 0) is 97.5 Å². The van der Waals surface area contributed by atoms with Crippen molar-refractivity contribution in [2.24, 2.45) is 5.73 Å². The topological polar surface area (TPSA) is 181 Å². The number of rotatable bonds is 14. The van der Waals surface area contributed by atoms with Crippen LogP contribution in [0.2, 0.25) is 0 Å². The Morgan fingerprint density at radius 1 is 0.873 bits per heavy atom. The van der Waals surface area contributed by atoms with Crippen LogP contribution in [0.3, 0.4) is 0 Å². The number of phenolic OH excluding ortho intramolecular Hbond substituents is 1. The number of nitrogens with zero attached hydrogens (tertiary/aromatic N) is 1. The van der Waals surface area contributed by atoms with Crippen LogP contribution in [0, 0.1) is 0 Å². The molecular weight excluding hydrogens is 741 g/mol. The molecule has 2 amide bonds. The van der Waals surface area contributed by atoms with E-state index in [1.165, 1.54) is 12.1 Å². The number of aromatic amines is 1. The lowest BCUT2D eigenvalue weighted by molar-refractivity contribution is -0.116. The van der Waals surface area contributed by atoms with Crippen LogP contribution in [0.15, 0.2) is 102 Å². The zero-order chi connectivity index (χ0) is 37.3. The number of nitrogens with two attached hydrogens (primary N) is 1. The lowest BCUT2D eigenvalue weighted by Crippen LogP contribution is -2.44. The standard InChI is InChI=1S/C42H47N5O6.2ClH/c43-30-13-17-32(18-14-30)47(42(52)53)36-24-27(12-19-33(36)29-7-2-1-3-8-29)6-4-5-9-39(50)45-31-15-10-28(11-16-31)25-44-26-38(49)34-20-22-37(48)41-35(34)21-23-40(51)46-41;;/h1-3,7-8,10-12,15-16,19-24,30,32,38,44,48-49H,4-6,9,13-14,17-18,25-26,43H2,(H,45,50)(H,46,51)(H,52,53);2*1H/t30-,32-,38-;;/m0../s1. The normalized spacial score (nSPS) is 15.7. The Morgan fingerprint density at radius 3 is 2.29 bits per heavy atom. The molecule has 8 N–H and O–H groups in total. The molecule has 0 bridgehead atoms. The van der Waals surface area contributed by atoms with E-state index in [-0.39, 0.29) is 60.7 Å². The Morgan fingerprint density at radius 2 is 1.58 bits per heavy atom. The van der Waals surface area contributed by atoms with Crippen molar-refractivity contribution >= 4 is 59.1 Å². The van der Waals surface area contributed by atoms with Gasteiger partial charge in [-0.1, -0.05) is 60.7 Å². The molecule has 1 heterocycles. The largest absolute Gasteiger partial charge is 0.506 e. The average molecular weight is 791 g/mol. The van der Waals surface area contributed by atoms with Crippen molar-refractivity contribution in [2.75, 3.05) is 16.8 Å². The summed E-state index contributed by atoms with van der Waals surface area (Å²) in [7, 11) is 0. The number of hydrogen-bond donors (Lipinski definition) is 7. The Bertz CT molecular complexity index is 2090. The van der Waals surface area contributed by atoms with Crippen LogP contribution in [-0.2, 0) is 17.8 Å². The highest BCUT2D eigenvalue weighted by molar-refractivity contribution is 5.94. The molecule has 13 heteroatoms. The number of nitrogens with one attached hydrogen (secondary N) is 3. The summed E-state index contributed by atoms with van der Waals surface area (Å²) in [5.74, 6) is -0.131. The minimum Gasteiger partial charge on any atom is -0.506 e. The summed E-state index contributed by atoms with van der Waals surface area (Å²) >= 11 is 0. The van der Waals surface area contributed by atoms with E-state index in [2.05, 4.69) is 21.7 Å². The zero-order valence-electron chi connectivity index (χ0n) is 30.4. The van der Waals surface area contributed by atoms with E-state index in [4.69, 9.17) is 5.73 Å². The molecule has 5 aromatic rings. The second kappa shape index (κ2) is 20.1. The fraction of sp³-hybridized carbons (Fsp3) is 0.310. The number of benzene rings is 4. The van der Waals surface area contributed by atoms with Gasteiger partial charge in [0, 0.05) is 54.3 Å². The molecule has 1 aliphatic carbocycles. The van der Waals surface area contributed by atoms with Crippen LogP contribution < -0.4 is 26.8 Å². The van der Waals surface area contributed by atoms with Gasteiger partial charge < -0.3 is 36.7 Å². The number of halogens is 2. The summed E-state index contributed by atoms with van der Waals surface area (Å²) in [6.45, 7) is 0.745. The number of carbonyl (C=O) groups excluding carboxylic acids is 1. The number of aromatic nitrogens is 1. The number of carbonyl (C=O) groups is 2. The van der Waals surface area contributed by atoms with Crippen molar-refractivity contribution in [2.45, 2.75) is 76.1 Å². The van der Waals surface area contributed by atoms with E-state index < -0.39 is 12.2 Å². The van der Waals surface area contributed by atoms with Gasteiger partial charge in [0.1, 0.15) is 5.75 Å². The number of hydrogen-bond acceptors (Lipinski definition) is 7. The predicted octanol–water partition coefficient (Wildman–Crippen LogP) is 7.67. The number of aryl methyl sites for hydroxylation is 1. The molecule has 4 aromatic carbocycles. The fourth-order valence-electron chi connectivity index (χ4n) is 7.17. The van der Waals surface area contributed by atoms with Gasteiger partial charge in [-0.15, -0.1) is 24.8 Å². The van der Waals surface area contributed by atoms with Gasteiger partial charge in [-0.3, -0.25) is 14.5 Å². The number of carboxylic acid groups (broad SMARTS) is 1. The van der Waals surface area contributed by atoms with Crippen molar-refractivity contribution in [3.8, 4) is 16.9 Å². The molecule has 0 spiro atoms. The molecule has 1 saturated carbocycles. The summed E-state index contributed by atoms with van der Waals surface area (Å²) in [4.78, 5) is 41.3. The first-order valence-corrected chi connectivity index (χ1v) is 18.2. The molecule has 6 rings (SSSR count). The number of fused-ring (bicyclic) bond motifs is 1. The van der Waals surface area contributed by atoms with E-state index in [1.807, 2.05) is 66.7 Å². The third-order valence-electron chi connectivity index (χ3n) is 10.0. The fourth-order valence-corrected chi connectivity index (χ4v) is 7.17. The molecule has 1 atom stereocenters. The third kappa shape index (κ3) is 11.1.